The number of carbonyl (C=O) groups is 1. The highest BCUT2D eigenvalue weighted by atomic mass is 19.1. The molecule has 0 fully saturated rings. The van der Waals surface area contributed by atoms with E-state index < -0.39 is 5.82 Å². The van der Waals surface area contributed by atoms with E-state index in [9.17, 15) is 9.18 Å². The van der Waals surface area contributed by atoms with Crippen molar-refractivity contribution in [3.63, 3.8) is 0 Å². The van der Waals surface area contributed by atoms with Gasteiger partial charge in [-0.3, -0.25) is 4.79 Å². The van der Waals surface area contributed by atoms with E-state index in [0.29, 0.717) is 16.9 Å². The average Bonchev–Trinajstić information content (AvgIpc) is 2.32. The Morgan fingerprint density at radius 3 is 2.67 bits per heavy atom. The predicted molar refractivity (Wildman–Crippen MR) is 69.9 cm³/mol. The molecule has 2 aromatic rings. The number of nitrogens with one attached hydrogen (secondary N) is 1. The summed E-state index contributed by atoms with van der Waals surface area (Å²) >= 11 is 0. The van der Waals surface area contributed by atoms with Gasteiger partial charge in [0, 0.05) is 11.4 Å². The molecule has 0 aliphatic carbocycles. The molecule has 0 bridgehead atoms. The molecule has 0 aliphatic heterocycles. The van der Waals surface area contributed by atoms with Crippen molar-refractivity contribution < 1.29 is 9.18 Å². The smallest absolute Gasteiger partial charge is 0.257 e. The van der Waals surface area contributed by atoms with E-state index in [1.807, 2.05) is 13.0 Å². The number of hydrogen-bond donors (Lipinski definition) is 2. The van der Waals surface area contributed by atoms with Crippen LogP contribution in [0.3, 0.4) is 0 Å². The fourth-order valence-corrected chi connectivity index (χ4v) is 1.64. The van der Waals surface area contributed by atoms with E-state index in [0.717, 1.165) is 5.56 Å². The lowest BCUT2D eigenvalue weighted by Gasteiger charge is -2.09. The van der Waals surface area contributed by atoms with Crippen LogP contribution in [0.5, 0.6) is 0 Å². The molecule has 0 saturated heterocycles. The Bertz CT molecular complexity index is 596. The van der Waals surface area contributed by atoms with Crippen LogP contribution >= 0.6 is 0 Å². The number of benzene rings is 2. The third-order valence-electron chi connectivity index (χ3n) is 2.65. The highest BCUT2D eigenvalue weighted by Gasteiger charge is 2.11. The molecular formula is C14H13FN2O. The summed E-state index contributed by atoms with van der Waals surface area (Å²) in [5.74, 6) is -0.744. The molecule has 0 radical (unpaired) electrons. The predicted octanol–water partition coefficient (Wildman–Crippen LogP) is 2.97. The molecular weight excluding hydrogens is 231 g/mol. The maximum atomic E-state index is 13.0. The van der Waals surface area contributed by atoms with Gasteiger partial charge in [-0.05, 0) is 36.8 Å². The van der Waals surface area contributed by atoms with Crippen LogP contribution in [0.4, 0.5) is 15.8 Å². The molecule has 0 saturated carbocycles. The summed E-state index contributed by atoms with van der Waals surface area (Å²) in [7, 11) is 0. The fraction of sp³-hybridized carbons (Fsp3) is 0.0714. The molecule has 1 amide bonds. The van der Waals surface area contributed by atoms with Crippen molar-refractivity contribution in [1.29, 1.82) is 0 Å². The first-order valence-corrected chi connectivity index (χ1v) is 5.50. The third-order valence-corrected chi connectivity index (χ3v) is 2.65. The number of carbonyl (C=O) groups excluding carboxylic acids is 1. The van der Waals surface area contributed by atoms with E-state index in [4.69, 9.17) is 5.73 Å². The standard InChI is InChI=1S/C14H13FN2O/c1-9-4-2-7-12(13(9)16)14(18)17-11-6-3-5-10(15)8-11/h2-8H,16H2,1H3,(H,17,18). The van der Waals surface area contributed by atoms with Crippen LogP contribution in [-0.4, -0.2) is 5.91 Å². The van der Waals surface area contributed by atoms with E-state index in [2.05, 4.69) is 5.32 Å². The first-order valence-electron chi connectivity index (χ1n) is 5.50. The SMILES string of the molecule is Cc1cccc(C(=O)Nc2cccc(F)c2)c1N. The van der Waals surface area contributed by atoms with Crippen molar-refractivity contribution in [2.75, 3.05) is 11.1 Å². The quantitative estimate of drug-likeness (QED) is 0.798. The van der Waals surface area contributed by atoms with Gasteiger partial charge >= 0.3 is 0 Å². The van der Waals surface area contributed by atoms with Gasteiger partial charge in [0.25, 0.3) is 5.91 Å². The van der Waals surface area contributed by atoms with Crippen LogP contribution in [0.1, 0.15) is 15.9 Å². The topological polar surface area (TPSA) is 55.1 Å². The summed E-state index contributed by atoms with van der Waals surface area (Å²) < 4.78 is 13.0. The van der Waals surface area contributed by atoms with Gasteiger partial charge in [0.2, 0.25) is 0 Å². The number of nitrogens with two attached hydrogens (primary N) is 1. The Kier molecular flexibility index (Phi) is 3.28. The zero-order valence-corrected chi connectivity index (χ0v) is 9.91. The van der Waals surface area contributed by atoms with Gasteiger partial charge in [0.15, 0.2) is 0 Å². The molecule has 0 unspecified atom stereocenters. The Hall–Kier alpha value is -2.36. The first kappa shape index (κ1) is 12.1. The summed E-state index contributed by atoms with van der Waals surface area (Å²) in [6.07, 6.45) is 0. The summed E-state index contributed by atoms with van der Waals surface area (Å²) in [5, 5.41) is 2.61. The number of para-hydroxylation sites is 1. The zero-order valence-electron chi connectivity index (χ0n) is 9.91. The van der Waals surface area contributed by atoms with E-state index >= 15 is 0 Å². The maximum absolute atomic E-state index is 13.0. The molecule has 3 N–H and O–H groups in total. The van der Waals surface area contributed by atoms with Gasteiger partial charge in [-0.1, -0.05) is 18.2 Å². The lowest BCUT2D eigenvalue weighted by Crippen LogP contribution is -2.14. The van der Waals surface area contributed by atoms with Crippen molar-refractivity contribution in [1.82, 2.24) is 0 Å². The number of halogens is 1. The van der Waals surface area contributed by atoms with Crippen molar-refractivity contribution >= 4 is 17.3 Å². The lowest BCUT2D eigenvalue weighted by molar-refractivity contribution is 0.102. The van der Waals surface area contributed by atoms with Crippen LogP contribution < -0.4 is 11.1 Å². The highest BCUT2D eigenvalue weighted by Crippen LogP contribution is 2.18. The molecule has 18 heavy (non-hydrogen) atoms. The summed E-state index contributed by atoms with van der Waals surface area (Å²) in [6.45, 7) is 1.83. The van der Waals surface area contributed by atoms with Gasteiger partial charge < -0.3 is 11.1 Å². The monoisotopic (exact) mass is 244 g/mol. The second-order valence-electron chi connectivity index (χ2n) is 4.00. The van der Waals surface area contributed by atoms with Crippen molar-refractivity contribution in [2.45, 2.75) is 6.92 Å². The van der Waals surface area contributed by atoms with Gasteiger partial charge in [-0.15, -0.1) is 0 Å². The van der Waals surface area contributed by atoms with Gasteiger partial charge in [0.1, 0.15) is 5.82 Å². The number of nitrogen functional groups attached to an aromatic ring is 1. The zero-order chi connectivity index (χ0) is 13.1. The third kappa shape index (κ3) is 2.48. The Morgan fingerprint density at radius 2 is 1.94 bits per heavy atom. The molecule has 0 heterocycles. The molecule has 0 aliphatic rings. The number of hydrogen-bond acceptors (Lipinski definition) is 2. The molecule has 0 spiro atoms. The normalized spacial score (nSPS) is 10.1. The van der Waals surface area contributed by atoms with Crippen LogP contribution in [-0.2, 0) is 0 Å². The van der Waals surface area contributed by atoms with Gasteiger partial charge in [-0.2, -0.15) is 0 Å². The first-order chi connectivity index (χ1) is 8.58. The largest absolute Gasteiger partial charge is 0.398 e. The van der Waals surface area contributed by atoms with Crippen molar-refractivity contribution in [3.05, 3.63) is 59.4 Å². The molecule has 2 aromatic carbocycles. The van der Waals surface area contributed by atoms with Crippen LogP contribution in [0.25, 0.3) is 0 Å². The minimum atomic E-state index is -0.398. The molecule has 0 atom stereocenters. The second kappa shape index (κ2) is 4.87. The summed E-state index contributed by atoms with van der Waals surface area (Å²) in [6, 6.07) is 10.9. The number of anilines is 2. The van der Waals surface area contributed by atoms with E-state index in [-0.39, 0.29) is 5.91 Å². The van der Waals surface area contributed by atoms with E-state index in [1.54, 1.807) is 18.2 Å². The highest BCUT2D eigenvalue weighted by molar-refractivity contribution is 6.08. The fourth-order valence-electron chi connectivity index (χ4n) is 1.64. The second-order valence-corrected chi connectivity index (χ2v) is 4.00. The molecule has 2 rings (SSSR count). The minimum Gasteiger partial charge on any atom is -0.398 e. The number of aryl methyl sites for hydroxylation is 1. The lowest BCUT2D eigenvalue weighted by atomic mass is 10.1. The van der Waals surface area contributed by atoms with Crippen LogP contribution in [0.15, 0.2) is 42.5 Å². The maximum Gasteiger partial charge on any atom is 0.257 e. The molecule has 3 nitrogen and oxygen atoms in total. The van der Waals surface area contributed by atoms with Crippen molar-refractivity contribution in [2.24, 2.45) is 0 Å². The molecule has 92 valence electrons. The number of rotatable bonds is 2. The van der Waals surface area contributed by atoms with Gasteiger partial charge in [-0.25, -0.2) is 4.39 Å². The van der Waals surface area contributed by atoms with Crippen LogP contribution in [0.2, 0.25) is 0 Å². The van der Waals surface area contributed by atoms with Crippen molar-refractivity contribution in [3.8, 4) is 0 Å². The summed E-state index contributed by atoms with van der Waals surface area (Å²) in [4.78, 5) is 12.0. The molecule has 4 heteroatoms. The molecule has 0 aromatic heterocycles. The number of amides is 1. The average molecular weight is 244 g/mol. The Morgan fingerprint density at radius 1 is 1.22 bits per heavy atom. The Balaban J connectivity index is 2.25. The Labute approximate surface area is 104 Å². The van der Waals surface area contributed by atoms with E-state index in [1.165, 1.54) is 18.2 Å². The summed E-state index contributed by atoms with van der Waals surface area (Å²) in [5.41, 5.74) is 7.90. The van der Waals surface area contributed by atoms with Crippen LogP contribution in [0, 0.1) is 12.7 Å². The minimum absolute atomic E-state index is 0.346. The van der Waals surface area contributed by atoms with Gasteiger partial charge in [0.05, 0.1) is 5.56 Å².